The summed E-state index contributed by atoms with van der Waals surface area (Å²) in [6, 6.07) is 6.45. The van der Waals surface area contributed by atoms with Crippen LogP contribution in [0.5, 0.6) is 5.75 Å². The number of ether oxygens (including phenoxy) is 2. The van der Waals surface area contributed by atoms with Crippen molar-refractivity contribution in [1.29, 1.82) is 0 Å². The number of aromatic amines is 1. The fraction of sp³-hybridized carbons (Fsp3) is 0.424. The minimum absolute atomic E-state index is 0.0860. The molecule has 6 N–H and O–H groups in total. The van der Waals surface area contributed by atoms with Crippen LogP contribution in [0.15, 0.2) is 53.8 Å². The molecular weight excluding hydrogens is 668 g/mol. The van der Waals surface area contributed by atoms with E-state index >= 15 is 0 Å². The van der Waals surface area contributed by atoms with Crippen molar-refractivity contribution in [3.63, 3.8) is 0 Å². The van der Waals surface area contributed by atoms with E-state index < -0.39 is 34.5 Å². The number of amides is 2. The van der Waals surface area contributed by atoms with Gasteiger partial charge in [-0.1, -0.05) is 0 Å². The maximum absolute atomic E-state index is 13.4. The summed E-state index contributed by atoms with van der Waals surface area (Å²) in [5.41, 5.74) is 1.79. The maximum atomic E-state index is 13.4. The highest BCUT2D eigenvalue weighted by molar-refractivity contribution is 7.89. The topological polar surface area (TPSA) is 219 Å². The summed E-state index contributed by atoms with van der Waals surface area (Å²) in [5, 5.41) is 23.5. The zero-order valence-corrected chi connectivity index (χ0v) is 29.1. The normalized spacial score (nSPS) is 12.1. The number of benzene rings is 2. The van der Waals surface area contributed by atoms with Gasteiger partial charge >= 0.3 is 5.97 Å². The van der Waals surface area contributed by atoms with Gasteiger partial charge in [-0.25, -0.2) is 13.4 Å². The van der Waals surface area contributed by atoms with Gasteiger partial charge in [0.1, 0.15) is 11.8 Å². The molecule has 0 bridgehead atoms. The molecule has 270 valence electrons. The Bertz CT molecular complexity index is 1840. The summed E-state index contributed by atoms with van der Waals surface area (Å²) >= 11 is 0. The van der Waals surface area contributed by atoms with Gasteiger partial charge in [0.15, 0.2) is 5.95 Å². The number of hydrogen-bond acceptors (Lipinski definition) is 10. The molecule has 0 aliphatic carbocycles. The third-order valence-electron chi connectivity index (χ3n) is 7.67. The lowest BCUT2D eigenvalue weighted by Crippen LogP contribution is -2.48. The quantitative estimate of drug-likeness (QED) is 0.0689. The summed E-state index contributed by atoms with van der Waals surface area (Å²) in [5.74, 6) is -0.999. The fourth-order valence-electron chi connectivity index (χ4n) is 5.30. The number of hydrogen-bond donors (Lipinski definition) is 6. The molecule has 4 rings (SSSR count). The van der Waals surface area contributed by atoms with Crippen molar-refractivity contribution >= 4 is 44.7 Å². The van der Waals surface area contributed by atoms with Crippen molar-refractivity contribution in [3.05, 3.63) is 65.6 Å². The number of sulfonamides is 1. The van der Waals surface area contributed by atoms with Crippen LogP contribution in [0.1, 0.15) is 47.2 Å². The highest BCUT2D eigenvalue weighted by atomic mass is 32.2. The lowest BCUT2D eigenvalue weighted by atomic mass is 10.1. The van der Waals surface area contributed by atoms with Crippen LogP contribution < -0.4 is 25.4 Å². The summed E-state index contributed by atoms with van der Waals surface area (Å²) in [6.07, 6.45) is 7.29. The van der Waals surface area contributed by atoms with Gasteiger partial charge in [-0.15, -0.1) is 0 Å². The zero-order chi connectivity index (χ0) is 36.1. The number of methoxy groups -OCH3 is 1. The maximum Gasteiger partial charge on any atom is 0.323 e. The van der Waals surface area contributed by atoms with Crippen LogP contribution in [0, 0.1) is 13.8 Å². The number of nitrogens with one attached hydrogen (secondary N) is 5. The SMILES string of the molecule is COCCCNC(=O)CCCOc1cc(C)c(S(=O)(=O)N[C@@H](CNC(=O)c2ccc3c(cnn3CCCNc3ncc[nH]3)c2)C(=O)O)c(C)c1. The van der Waals surface area contributed by atoms with Crippen LogP contribution in [0.4, 0.5) is 5.95 Å². The number of rotatable bonds is 21. The van der Waals surface area contributed by atoms with E-state index in [1.165, 1.54) is 0 Å². The van der Waals surface area contributed by atoms with Gasteiger partial charge in [0.25, 0.3) is 5.91 Å². The summed E-state index contributed by atoms with van der Waals surface area (Å²) in [4.78, 5) is 44.0. The van der Waals surface area contributed by atoms with E-state index in [4.69, 9.17) is 9.47 Å². The smallest absolute Gasteiger partial charge is 0.323 e. The number of fused-ring (bicyclic) bond motifs is 1. The van der Waals surface area contributed by atoms with Crippen LogP contribution in [0.3, 0.4) is 0 Å². The number of aliphatic carboxylic acids is 1. The Hall–Kier alpha value is -5.00. The van der Waals surface area contributed by atoms with Crippen molar-refractivity contribution in [2.24, 2.45) is 0 Å². The van der Waals surface area contributed by atoms with Crippen LogP contribution in [-0.4, -0.2) is 97.1 Å². The molecule has 2 amide bonds. The first-order valence-corrected chi connectivity index (χ1v) is 17.7. The molecular formula is C33H44N8O8S. The molecule has 0 unspecified atom stereocenters. The molecule has 4 aromatic rings. The third kappa shape index (κ3) is 10.8. The van der Waals surface area contributed by atoms with Gasteiger partial charge in [0.2, 0.25) is 15.9 Å². The summed E-state index contributed by atoms with van der Waals surface area (Å²) in [7, 11) is -2.71. The number of carboxylic acids is 1. The van der Waals surface area contributed by atoms with Crippen molar-refractivity contribution in [2.45, 2.75) is 57.0 Å². The predicted molar refractivity (Wildman–Crippen MR) is 186 cm³/mol. The monoisotopic (exact) mass is 712 g/mol. The number of carbonyl (C=O) groups excluding carboxylic acids is 2. The first-order valence-electron chi connectivity index (χ1n) is 16.2. The summed E-state index contributed by atoms with van der Waals surface area (Å²) in [6.45, 7) is 5.32. The molecule has 0 spiro atoms. The summed E-state index contributed by atoms with van der Waals surface area (Å²) < 4.78 is 41.5. The number of nitrogens with zero attached hydrogens (tertiary/aromatic N) is 3. The molecule has 2 aromatic carbocycles. The number of aryl methyl sites for hydroxylation is 3. The number of H-pyrrole nitrogens is 1. The van der Waals surface area contributed by atoms with Crippen molar-refractivity contribution in [3.8, 4) is 5.75 Å². The van der Waals surface area contributed by atoms with Crippen LogP contribution in [-0.2, 0) is 30.9 Å². The second kappa shape index (κ2) is 18.1. The number of carboxylic acid groups (broad SMARTS) is 1. The standard InChI is InChI=1S/C33H44N8O8S/c1-22-17-26(49-16-4-7-29(42)34-11-6-15-48-3)18-23(2)30(22)50(46,47)40-27(32(44)45)21-38-31(43)24-8-9-28-25(19-24)20-39-41(28)14-5-10-35-33-36-12-13-37-33/h8-9,12-13,17-20,27,40H,4-7,10-11,14-16,21H2,1-3H3,(H,34,42)(H,38,43)(H,44,45)(H2,35,36,37)/t27-/m0/s1. The van der Waals surface area contributed by atoms with Crippen LogP contribution >= 0.6 is 0 Å². The Balaban J connectivity index is 1.29. The average molecular weight is 713 g/mol. The minimum atomic E-state index is -4.31. The van der Waals surface area contributed by atoms with E-state index in [1.807, 2.05) is 4.68 Å². The van der Waals surface area contributed by atoms with E-state index in [9.17, 15) is 27.9 Å². The van der Waals surface area contributed by atoms with Crippen LogP contribution in [0.2, 0.25) is 0 Å². The van der Waals surface area contributed by atoms with Gasteiger partial charge in [0, 0.05) is 69.7 Å². The van der Waals surface area contributed by atoms with Crippen molar-refractivity contribution in [1.82, 2.24) is 35.1 Å². The van der Waals surface area contributed by atoms with E-state index in [0.717, 1.165) is 23.7 Å². The third-order valence-corrected chi connectivity index (χ3v) is 9.45. The Labute approximate surface area is 290 Å². The first-order chi connectivity index (χ1) is 24.0. The Morgan fingerprint density at radius 3 is 2.50 bits per heavy atom. The molecule has 16 nitrogen and oxygen atoms in total. The lowest BCUT2D eigenvalue weighted by molar-refractivity contribution is -0.138. The van der Waals surface area contributed by atoms with E-state index in [0.29, 0.717) is 55.5 Å². The molecule has 0 saturated carbocycles. The predicted octanol–water partition coefficient (Wildman–Crippen LogP) is 2.35. The van der Waals surface area contributed by atoms with Crippen molar-refractivity contribution < 1.29 is 37.4 Å². The van der Waals surface area contributed by atoms with Gasteiger partial charge in [-0.2, -0.15) is 9.82 Å². The second-order valence-electron chi connectivity index (χ2n) is 11.6. The van der Waals surface area contributed by atoms with E-state index in [1.54, 1.807) is 69.9 Å². The number of anilines is 1. The largest absolute Gasteiger partial charge is 0.494 e. The van der Waals surface area contributed by atoms with E-state index in [-0.39, 0.29) is 29.4 Å². The Kier molecular flexibility index (Phi) is 13.7. The molecule has 2 heterocycles. The van der Waals surface area contributed by atoms with Crippen molar-refractivity contribution in [2.75, 3.05) is 45.3 Å². The Morgan fingerprint density at radius 1 is 1.02 bits per heavy atom. The number of carbonyl (C=O) groups is 3. The molecule has 2 aromatic heterocycles. The molecule has 0 fully saturated rings. The molecule has 1 atom stereocenters. The molecule has 0 saturated heterocycles. The molecule has 0 radical (unpaired) electrons. The van der Waals surface area contributed by atoms with E-state index in [2.05, 4.69) is 35.7 Å². The minimum Gasteiger partial charge on any atom is -0.494 e. The van der Waals surface area contributed by atoms with Gasteiger partial charge in [-0.3, -0.25) is 19.1 Å². The van der Waals surface area contributed by atoms with Gasteiger partial charge < -0.3 is 35.5 Å². The lowest BCUT2D eigenvalue weighted by Gasteiger charge is -2.19. The van der Waals surface area contributed by atoms with Crippen LogP contribution in [0.25, 0.3) is 10.9 Å². The average Bonchev–Trinajstić information content (AvgIpc) is 3.74. The van der Waals surface area contributed by atoms with Gasteiger partial charge in [0.05, 0.1) is 23.2 Å². The molecule has 17 heteroatoms. The highest BCUT2D eigenvalue weighted by Gasteiger charge is 2.29. The Morgan fingerprint density at radius 2 is 1.80 bits per heavy atom. The molecule has 50 heavy (non-hydrogen) atoms. The fourth-order valence-corrected chi connectivity index (χ4v) is 6.94. The molecule has 0 aliphatic rings. The zero-order valence-electron chi connectivity index (χ0n) is 28.3. The van der Waals surface area contributed by atoms with Gasteiger partial charge in [-0.05, 0) is 74.6 Å². The second-order valence-corrected chi connectivity index (χ2v) is 13.3. The molecule has 0 aliphatic heterocycles. The number of imidazole rings is 1. The number of aromatic nitrogens is 4. The highest BCUT2D eigenvalue weighted by Crippen LogP contribution is 2.26. The first kappa shape index (κ1) is 37.8.